The number of halogens is 1. The zero-order valence-electron chi connectivity index (χ0n) is 13.7. The topological polar surface area (TPSA) is 62.7 Å². The summed E-state index contributed by atoms with van der Waals surface area (Å²) in [5.74, 6) is -0.888. The van der Waals surface area contributed by atoms with Gasteiger partial charge in [0.15, 0.2) is 0 Å². The van der Waals surface area contributed by atoms with Gasteiger partial charge < -0.3 is 9.84 Å². The number of thiazole rings is 1. The van der Waals surface area contributed by atoms with Crippen molar-refractivity contribution in [2.45, 2.75) is 13.0 Å². The van der Waals surface area contributed by atoms with Crippen LogP contribution in [0.4, 0.5) is 4.39 Å². The number of benzene rings is 1. The van der Waals surface area contributed by atoms with Crippen LogP contribution in [0.25, 0.3) is 11.3 Å². The number of likely N-dealkylation sites (tertiary alicyclic amines) is 1. The van der Waals surface area contributed by atoms with Gasteiger partial charge in [0.05, 0.1) is 18.8 Å². The number of aromatic nitrogens is 1. The summed E-state index contributed by atoms with van der Waals surface area (Å²) >= 11 is 1.55. The highest BCUT2D eigenvalue weighted by Crippen LogP contribution is 2.42. The zero-order chi connectivity index (χ0) is 17.4. The summed E-state index contributed by atoms with van der Waals surface area (Å²) in [5, 5.41) is 12.6. The third-order valence-corrected chi connectivity index (χ3v) is 6.05. The smallest absolute Gasteiger partial charge is 0.313 e. The molecule has 0 bridgehead atoms. The molecule has 2 aliphatic heterocycles. The molecule has 7 heteroatoms. The maximum atomic E-state index is 13.0. The summed E-state index contributed by atoms with van der Waals surface area (Å²) in [4.78, 5) is 18.6. The van der Waals surface area contributed by atoms with E-state index in [0.717, 1.165) is 29.2 Å². The lowest BCUT2D eigenvalue weighted by Gasteiger charge is -2.34. The minimum atomic E-state index is -0.782. The SMILES string of the molecule is O=C(O)[C@]12COCC[C@H]1CN(Cc1nc(-c3ccc(F)cc3)cs1)C2. The molecule has 0 unspecified atom stereocenters. The van der Waals surface area contributed by atoms with Crippen molar-refractivity contribution in [2.24, 2.45) is 11.3 Å². The number of carbonyl (C=O) groups is 1. The molecule has 1 N–H and O–H groups in total. The fourth-order valence-corrected chi connectivity index (χ4v) is 4.69. The molecule has 1 aromatic carbocycles. The number of carboxylic acids is 1. The highest BCUT2D eigenvalue weighted by atomic mass is 32.1. The first-order valence-electron chi connectivity index (χ1n) is 8.31. The van der Waals surface area contributed by atoms with Crippen LogP contribution < -0.4 is 0 Å². The molecular formula is C18H19FN2O3S. The van der Waals surface area contributed by atoms with Gasteiger partial charge in [0, 0.05) is 30.6 Å². The predicted molar refractivity (Wildman–Crippen MR) is 91.8 cm³/mol. The van der Waals surface area contributed by atoms with Gasteiger partial charge in [-0.3, -0.25) is 9.69 Å². The molecule has 2 fully saturated rings. The van der Waals surface area contributed by atoms with Crippen LogP contribution in [0.1, 0.15) is 11.4 Å². The highest BCUT2D eigenvalue weighted by molar-refractivity contribution is 7.09. The van der Waals surface area contributed by atoms with E-state index in [4.69, 9.17) is 4.74 Å². The van der Waals surface area contributed by atoms with E-state index in [2.05, 4.69) is 9.88 Å². The Morgan fingerprint density at radius 1 is 1.44 bits per heavy atom. The molecule has 2 atom stereocenters. The second-order valence-electron chi connectivity index (χ2n) is 6.80. The van der Waals surface area contributed by atoms with E-state index < -0.39 is 11.4 Å². The fraction of sp³-hybridized carbons (Fsp3) is 0.444. The number of ether oxygens (including phenoxy) is 1. The first kappa shape index (κ1) is 16.6. The predicted octanol–water partition coefficient (Wildman–Crippen LogP) is 2.87. The molecule has 0 radical (unpaired) electrons. The molecule has 25 heavy (non-hydrogen) atoms. The van der Waals surface area contributed by atoms with Crippen LogP contribution in [0.5, 0.6) is 0 Å². The summed E-state index contributed by atoms with van der Waals surface area (Å²) in [6.45, 7) is 2.83. The van der Waals surface area contributed by atoms with Crippen molar-refractivity contribution in [1.29, 1.82) is 0 Å². The summed E-state index contributed by atoms with van der Waals surface area (Å²) in [6.07, 6.45) is 0.793. The van der Waals surface area contributed by atoms with Crippen LogP contribution >= 0.6 is 11.3 Å². The number of fused-ring (bicyclic) bond motifs is 1. The quantitative estimate of drug-likeness (QED) is 0.906. The van der Waals surface area contributed by atoms with Crippen LogP contribution in [-0.2, 0) is 16.1 Å². The van der Waals surface area contributed by atoms with Crippen LogP contribution in [0.2, 0.25) is 0 Å². The lowest BCUT2D eigenvalue weighted by atomic mass is 9.76. The van der Waals surface area contributed by atoms with Crippen molar-refractivity contribution in [3.63, 3.8) is 0 Å². The van der Waals surface area contributed by atoms with E-state index in [1.54, 1.807) is 23.5 Å². The Morgan fingerprint density at radius 3 is 2.96 bits per heavy atom. The third kappa shape index (κ3) is 3.07. The number of nitrogens with zero attached hydrogens (tertiary/aromatic N) is 2. The van der Waals surface area contributed by atoms with E-state index in [-0.39, 0.29) is 11.7 Å². The first-order valence-corrected chi connectivity index (χ1v) is 9.19. The van der Waals surface area contributed by atoms with Crippen molar-refractivity contribution in [3.05, 3.63) is 40.5 Å². The van der Waals surface area contributed by atoms with Gasteiger partial charge in [0.1, 0.15) is 16.2 Å². The van der Waals surface area contributed by atoms with Crippen LogP contribution in [0.15, 0.2) is 29.6 Å². The van der Waals surface area contributed by atoms with Gasteiger partial charge in [-0.05, 0) is 36.6 Å². The molecule has 2 aromatic rings. The number of carboxylic acid groups (broad SMARTS) is 1. The molecule has 132 valence electrons. The van der Waals surface area contributed by atoms with Gasteiger partial charge in [-0.1, -0.05) is 0 Å². The van der Waals surface area contributed by atoms with Gasteiger partial charge in [-0.15, -0.1) is 11.3 Å². The Morgan fingerprint density at radius 2 is 2.24 bits per heavy atom. The second-order valence-corrected chi connectivity index (χ2v) is 7.75. The molecule has 0 aliphatic carbocycles. The average Bonchev–Trinajstić information content (AvgIpc) is 3.20. The Balaban J connectivity index is 1.48. The first-order chi connectivity index (χ1) is 12.1. The third-order valence-electron chi connectivity index (χ3n) is 5.21. The highest BCUT2D eigenvalue weighted by Gasteiger charge is 2.54. The molecule has 5 nitrogen and oxygen atoms in total. The van der Waals surface area contributed by atoms with E-state index in [1.807, 2.05) is 5.38 Å². The maximum Gasteiger partial charge on any atom is 0.313 e. The van der Waals surface area contributed by atoms with Gasteiger partial charge >= 0.3 is 5.97 Å². The molecule has 4 rings (SSSR count). The molecule has 0 spiro atoms. The molecule has 0 saturated carbocycles. The van der Waals surface area contributed by atoms with Crippen molar-refractivity contribution in [1.82, 2.24) is 9.88 Å². The number of hydrogen-bond acceptors (Lipinski definition) is 5. The summed E-state index contributed by atoms with van der Waals surface area (Å²) < 4.78 is 18.5. The zero-order valence-corrected chi connectivity index (χ0v) is 14.5. The van der Waals surface area contributed by atoms with Crippen LogP contribution in [-0.4, -0.2) is 47.3 Å². The lowest BCUT2D eigenvalue weighted by Crippen LogP contribution is -2.46. The van der Waals surface area contributed by atoms with Crippen molar-refractivity contribution < 1.29 is 19.0 Å². The van der Waals surface area contributed by atoms with E-state index in [9.17, 15) is 14.3 Å². The minimum absolute atomic E-state index is 0.135. The van der Waals surface area contributed by atoms with Crippen molar-refractivity contribution in [3.8, 4) is 11.3 Å². The molecule has 0 amide bonds. The molecule has 1 aromatic heterocycles. The number of aliphatic carboxylic acids is 1. The van der Waals surface area contributed by atoms with Gasteiger partial charge in [-0.25, -0.2) is 9.37 Å². The van der Waals surface area contributed by atoms with E-state index >= 15 is 0 Å². The molecule has 2 saturated heterocycles. The Kier molecular flexibility index (Phi) is 4.31. The maximum absolute atomic E-state index is 13.0. The monoisotopic (exact) mass is 362 g/mol. The Labute approximate surface area is 149 Å². The Hall–Kier alpha value is -1.83. The summed E-state index contributed by atoms with van der Waals surface area (Å²) in [6, 6.07) is 6.29. The summed E-state index contributed by atoms with van der Waals surface area (Å²) in [7, 11) is 0. The lowest BCUT2D eigenvalue weighted by molar-refractivity contribution is -0.159. The van der Waals surface area contributed by atoms with E-state index in [1.165, 1.54) is 12.1 Å². The molecular weight excluding hydrogens is 343 g/mol. The fourth-order valence-electron chi connectivity index (χ4n) is 3.84. The van der Waals surface area contributed by atoms with E-state index in [0.29, 0.717) is 26.3 Å². The second kappa shape index (κ2) is 6.48. The number of rotatable bonds is 4. The largest absolute Gasteiger partial charge is 0.481 e. The normalized spacial score (nSPS) is 26.5. The van der Waals surface area contributed by atoms with Crippen LogP contribution in [0.3, 0.4) is 0 Å². The summed E-state index contributed by atoms with van der Waals surface area (Å²) in [5.41, 5.74) is 0.928. The van der Waals surface area contributed by atoms with Gasteiger partial charge in [-0.2, -0.15) is 0 Å². The van der Waals surface area contributed by atoms with Crippen molar-refractivity contribution >= 4 is 17.3 Å². The van der Waals surface area contributed by atoms with Gasteiger partial charge in [0.2, 0.25) is 0 Å². The molecule has 2 aliphatic rings. The molecule has 3 heterocycles. The van der Waals surface area contributed by atoms with Crippen LogP contribution in [0, 0.1) is 17.2 Å². The standard InChI is InChI=1S/C18H19FN2O3S/c19-14-3-1-12(2-4-14)15-9-25-16(20-15)8-21-7-13-5-6-24-11-18(13,10-21)17(22)23/h1-4,9,13H,5-8,10-11H2,(H,22,23)/t13-,18+/m0/s1. The van der Waals surface area contributed by atoms with Crippen molar-refractivity contribution in [2.75, 3.05) is 26.3 Å². The number of hydrogen-bond donors (Lipinski definition) is 1. The Bertz CT molecular complexity index is 779. The average molecular weight is 362 g/mol. The van der Waals surface area contributed by atoms with Gasteiger partial charge in [0.25, 0.3) is 0 Å². The minimum Gasteiger partial charge on any atom is -0.481 e.